The first-order valence-electron chi connectivity index (χ1n) is 17.4. The van der Waals surface area contributed by atoms with Gasteiger partial charge in [-0.3, -0.25) is 16.0 Å². The van der Waals surface area contributed by atoms with Crippen molar-refractivity contribution in [2.24, 2.45) is 0 Å². The Kier molecular flexibility index (Phi) is 6.27. The minimum atomic E-state index is -0.170. The van der Waals surface area contributed by atoms with Gasteiger partial charge in [-0.05, 0) is 47.0 Å². The van der Waals surface area contributed by atoms with E-state index >= 15 is 0 Å². The molecule has 11 rings (SSSR count). The van der Waals surface area contributed by atoms with Crippen LogP contribution in [0.15, 0.2) is 165 Å². The molecule has 0 spiro atoms. The highest BCUT2D eigenvalue weighted by atomic mass is 16.3. The lowest BCUT2D eigenvalue weighted by atomic mass is 9.98. The Bertz CT molecular complexity index is 2940. The van der Waals surface area contributed by atoms with Crippen molar-refractivity contribution in [1.29, 1.82) is 0 Å². The van der Waals surface area contributed by atoms with E-state index < -0.39 is 0 Å². The number of hydrogen-bond donors (Lipinski definition) is 3. The molecule has 3 aromatic heterocycles. The van der Waals surface area contributed by atoms with E-state index in [1.165, 1.54) is 0 Å². The number of hydrogen-bond acceptors (Lipinski definition) is 6. The van der Waals surface area contributed by atoms with Crippen LogP contribution in [0.3, 0.4) is 0 Å². The third kappa shape index (κ3) is 4.48. The van der Waals surface area contributed by atoms with E-state index in [9.17, 15) is 0 Å². The van der Waals surface area contributed by atoms with Crippen molar-refractivity contribution in [2.45, 2.75) is 18.5 Å². The molecule has 4 heterocycles. The zero-order valence-corrected chi connectivity index (χ0v) is 27.4. The molecule has 1 saturated heterocycles. The van der Waals surface area contributed by atoms with Gasteiger partial charge >= 0.3 is 0 Å². The molecule has 0 radical (unpaired) electrons. The van der Waals surface area contributed by atoms with Crippen molar-refractivity contribution in [1.82, 2.24) is 16.0 Å². The summed E-state index contributed by atoms with van der Waals surface area (Å²) in [5, 5.41) is 18.2. The molecular weight excluding hydrogens is 631 g/mol. The quantitative estimate of drug-likeness (QED) is 0.174. The molecular formula is C45H31N3O3. The molecule has 0 saturated carbocycles. The van der Waals surface area contributed by atoms with Crippen LogP contribution in [0.25, 0.3) is 76.9 Å². The van der Waals surface area contributed by atoms with E-state index in [1.807, 2.05) is 30.3 Å². The zero-order valence-electron chi connectivity index (χ0n) is 27.4. The maximum atomic E-state index is 6.66. The van der Waals surface area contributed by atoms with Crippen LogP contribution in [0.2, 0.25) is 0 Å². The molecule has 3 unspecified atom stereocenters. The second-order valence-corrected chi connectivity index (χ2v) is 13.3. The third-order valence-corrected chi connectivity index (χ3v) is 10.4. The summed E-state index contributed by atoms with van der Waals surface area (Å²) < 4.78 is 19.4. The van der Waals surface area contributed by atoms with Crippen molar-refractivity contribution in [2.75, 3.05) is 0 Å². The number of para-hydroxylation sites is 4. The van der Waals surface area contributed by atoms with Crippen molar-refractivity contribution in [3.05, 3.63) is 168 Å². The highest BCUT2D eigenvalue weighted by molar-refractivity contribution is 6.15. The summed E-state index contributed by atoms with van der Waals surface area (Å²) in [5.74, 6) is 0. The van der Waals surface area contributed by atoms with E-state index in [1.54, 1.807) is 0 Å². The molecule has 0 aliphatic carbocycles. The molecule has 3 N–H and O–H groups in total. The molecule has 6 heteroatoms. The van der Waals surface area contributed by atoms with Gasteiger partial charge in [0.05, 0.1) is 18.5 Å². The van der Waals surface area contributed by atoms with E-state index in [0.717, 1.165) is 93.6 Å². The molecule has 10 aromatic rings. The second-order valence-electron chi connectivity index (χ2n) is 13.3. The van der Waals surface area contributed by atoms with Crippen molar-refractivity contribution in [3.63, 3.8) is 0 Å². The average molecular weight is 662 g/mol. The van der Waals surface area contributed by atoms with E-state index in [0.29, 0.717) is 0 Å². The van der Waals surface area contributed by atoms with Gasteiger partial charge in [-0.15, -0.1) is 0 Å². The summed E-state index contributed by atoms with van der Waals surface area (Å²) >= 11 is 0. The summed E-state index contributed by atoms with van der Waals surface area (Å²) in [6.45, 7) is 0. The predicted molar refractivity (Wildman–Crippen MR) is 204 cm³/mol. The van der Waals surface area contributed by atoms with Gasteiger partial charge in [0.1, 0.15) is 33.5 Å². The zero-order chi connectivity index (χ0) is 33.5. The third-order valence-electron chi connectivity index (χ3n) is 10.4. The van der Waals surface area contributed by atoms with Crippen LogP contribution in [0.5, 0.6) is 0 Å². The monoisotopic (exact) mass is 661 g/mol. The molecule has 1 aliphatic rings. The number of furan rings is 3. The van der Waals surface area contributed by atoms with Gasteiger partial charge < -0.3 is 13.3 Å². The van der Waals surface area contributed by atoms with Crippen molar-refractivity contribution < 1.29 is 13.3 Å². The molecule has 1 aliphatic heterocycles. The minimum Gasteiger partial charge on any atom is -0.456 e. The van der Waals surface area contributed by atoms with Crippen LogP contribution in [-0.2, 0) is 0 Å². The Hall–Kier alpha value is -6.18. The lowest BCUT2D eigenvalue weighted by Crippen LogP contribution is -2.54. The fraction of sp³-hybridized carbons (Fsp3) is 0.0667. The fourth-order valence-corrected chi connectivity index (χ4v) is 8.06. The molecule has 51 heavy (non-hydrogen) atoms. The summed E-state index contributed by atoms with van der Waals surface area (Å²) in [7, 11) is 0. The number of nitrogens with one attached hydrogen (secondary N) is 3. The summed E-state index contributed by atoms with van der Waals surface area (Å²) in [6.07, 6.45) is -0.445. The first-order valence-corrected chi connectivity index (χ1v) is 17.4. The highest BCUT2D eigenvalue weighted by Crippen LogP contribution is 2.42. The average Bonchev–Trinajstić information content (AvgIpc) is 3.89. The van der Waals surface area contributed by atoms with E-state index in [2.05, 4.69) is 137 Å². The normalized spacial score (nSPS) is 18.2. The Labute approximate surface area is 292 Å². The number of rotatable bonds is 4. The van der Waals surface area contributed by atoms with Crippen molar-refractivity contribution in [3.8, 4) is 11.1 Å². The maximum Gasteiger partial charge on any atom is 0.143 e. The summed E-state index contributed by atoms with van der Waals surface area (Å²) in [5.41, 5.74) is 10.7. The van der Waals surface area contributed by atoms with Gasteiger partial charge in [0, 0.05) is 43.4 Å². The maximum absolute atomic E-state index is 6.66. The molecule has 0 amide bonds. The predicted octanol–water partition coefficient (Wildman–Crippen LogP) is 11.2. The fourth-order valence-electron chi connectivity index (χ4n) is 8.06. The molecule has 1 fully saturated rings. The molecule has 7 aromatic carbocycles. The SMILES string of the molecule is c1ccc(C2NC(c3ccc4oc5c(-c6cccc7c6oc6ccccc67)cccc5c4c3)NC(c3cccc4oc5ccccc5c34)N2)cc1. The molecule has 244 valence electrons. The van der Waals surface area contributed by atoms with E-state index in [-0.39, 0.29) is 18.5 Å². The Morgan fingerprint density at radius 1 is 0.353 bits per heavy atom. The lowest BCUT2D eigenvalue weighted by Gasteiger charge is -2.39. The summed E-state index contributed by atoms with van der Waals surface area (Å²) in [6, 6.07) is 52.6. The lowest BCUT2D eigenvalue weighted by molar-refractivity contribution is 0.204. The van der Waals surface area contributed by atoms with Crippen LogP contribution < -0.4 is 16.0 Å². The number of benzene rings is 7. The van der Waals surface area contributed by atoms with Crippen LogP contribution in [0.4, 0.5) is 0 Å². The Balaban J connectivity index is 1.04. The Morgan fingerprint density at radius 2 is 0.902 bits per heavy atom. The van der Waals surface area contributed by atoms with Gasteiger partial charge in [-0.25, -0.2) is 0 Å². The van der Waals surface area contributed by atoms with Crippen LogP contribution in [0.1, 0.15) is 35.2 Å². The molecule has 6 nitrogen and oxygen atoms in total. The largest absolute Gasteiger partial charge is 0.456 e. The Morgan fingerprint density at radius 3 is 1.67 bits per heavy atom. The number of fused-ring (bicyclic) bond motifs is 9. The van der Waals surface area contributed by atoms with E-state index in [4.69, 9.17) is 13.3 Å². The second kappa shape index (κ2) is 11.2. The molecule has 3 atom stereocenters. The molecule has 0 bridgehead atoms. The summed E-state index contributed by atoms with van der Waals surface area (Å²) in [4.78, 5) is 0. The first-order chi connectivity index (χ1) is 25.3. The minimum absolute atomic E-state index is 0.108. The van der Waals surface area contributed by atoms with Crippen LogP contribution in [0, 0.1) is 0 Å². The first kappa shape index (κ1) is 28.6. The van der Waals surface area contributed by atoms with Gasteiger partial charge in [-0.2, -0.15) is 0 Å². The highest BCUT2D eigenvalue weighted by Gasteiger charge is 2.31. The van der Waals surface area contributed by atoms with Gasteiger partial charge in [-0.1, -0.05) is 121 Å². The topological polar surface area (TPSA) is 75.5 Å². The van der Waals surface area contributed by atoms with Gasteiger partial charge in [0.15, 0.2) is 0 Å². The van der Waals surface area contributed by atoms with Gasteiger partial charge in [0.2, 0.25) is 0 Å². The standard InChI is InChI=1S/C45H31N3O3/c1-2-11-26(12-3-1)43-46-44(48-45(47-43)34-19-10-22-39-40(34)33-14-5-7-21-37(33)49-39)27-23-24-38-35(25-27)32-18-9-17-31(42(32)51-38)30-16-8-15-29-28-13-4-6-20-36(28)50-41(29)30/h1-25,43-48H. The van der Waals surface area contributed by atoms with Gasteiger partial charge in [0.25, 0.3) is 0 Å². The van der Waals surface area contributed by atoms with Crippen LogP contribution >= 0.6 is 0 Å². The van der Waals surface area contributed by atoms with Crippen molar-refractivity contribution >= 4 is 65.8 Å². The van der Waals surface area contributed by atoms with Crippen LogP contribution in [-0.4, -0.2) is 0 Å². The smallest absolute Gasteiger partial charge is 0.143 e.